The molecule has 1 atom stereocenters. The lowest BCUT2D eigenvalue weighted by Gasteiger charge is -2.45. The second-order valence-corrected chi connectivity index (χ2v) is 8.33. The van der Waals surface area contributed by atoms with Crippen LogP contribution in [0.25, 0.3) is 5.57 Å². The summed E-state index contributed by atoms with van der Waals surface area (Å²) in [4.78, 5) is 36.4. The maximum atomic E-state index is 13.8. The summed E-state index contributed by atoms with van der Waals surface area (Å²) in [5.74, 6) is -0.294. The molecule has 8 nitrogen and oxygen atoms in total. The number of piperidine rings is 1. The zero-order chi connectivity index (χ0) is 22.9. The Kier molecular flexibility index (Phi) is 6.95. The van der Waals surface area contributed by atoms with Crippen LogP contribution >= 0.6 is 11.6 Å². The maximum absolute atomic E-state index is 13.8. The number of aryl methyl sites for hydroxylation is 2. The Morgan fingerprint density at radius 1 is 1.26 bits per heavy atom. The average Bonchev–Trinajstić information content (AvgIpc) is 2.90. The van der Waals surface area contributed by atoms with Crippen molar-refractivity contribution < 1.29 is 29.1 Å². The van der Waals surface area contributed by atoms with Gasteiger partial charge < -0.3 is 14.7 Å². The number of amides is 1. The minimum atomic E-state index is -1.39. The van der Waals surface area contributed by atoms with Crippen LogP contribution in [0.15, 0.2) is 17.7 Å². The third-order valence-electron chi connectivity index (χ3n) is 6.06. The van der Waals surface area contributed by atoms with E-state index < -0.39 is 17.8 Å². The second kappa shape index (κ2) is 9.16. The Morgan fingerprint density at radius 2 is 1.84 bits per heavy atom. The molecule has 1 amide bonds. The largest absolute Gasteiger partial charge is 0.506 e. The maximum Gasteiger partial charge on any atom is 0.506 e. The molecule has 2 aliphatic heterocycles. The van der Waals surface area contributed by atoms with Gasteiger partial charge in [0.05, 0.1) is 24.8 Å². The summed E-state index contributed by atoms with van der Waals surface area (Å²) >= 11 is 6.23. The molecule has 1 fully saturated rings. The van der Waals surface area contributed by atoms with Crippen LogP contribution in [-0.2, 0) is 19.2 Å². The van der Waals surface area contributed by atoms with Crippen molar-refractivity contribution in [2.24, 2.45) is 0 Å². The zero-order valence-electron chi connectivity index (χ0n) is 18.5. The predicted molar refractivity (Wildman–Crippen MR) is 115 cm³/mol. The van der Waals surface area contributed by atoms with Gasteiger partial charge in [0, 0.05) is 23.7 Å². The van der Waals surface area contributed by atoms with E-state index in [2.05, 4.69) is 0 Å². The molecule has 0 aromatic heterocycles. The van der Waals surface area contributed by atoms with E-state index in [0.717, 1.165) is 16.7 Å². The molecule has 0 radical (unpaired) electrons. The third-order valence-corrected chi connectivity index (χ3v) is 6.27. The first kappa shape index (κ1) is 23.5. The number of carboxylic acid groups (broad SMARTS) is 1. The molecule has 1 N–H and O–H groups in total. The number of hydrogen-bond acceptors (Lipinski definition) is 6. The highest BCUT2D eigenvalue weighted by Gasteiger charge is 2.56. The number of hydroxylamine groups is 4. The standard InChI is InChI=1S/C22H29ClN2O6/c1-6-30-25-20(26)18(17-13(2)11-16(23)12-14(17)3)19(15(4)31-21(27)28)22(25)7-9-24(29-5)10-8-22/h11-12,15H,6-10H2,1-5H3,(H,27,28). The minimum Gasteiger partial charge on any atom is -0.450 e. The lowest BCUT2D eigenvalue weighted by atomic mass is 9.77. The summed E-state index contributed by atoms with van der Waals surface area (Å²) in [6.45, 7) is 8.67. The van der Waals surface area contributed by atoms with Gasteiger partial charge in [0.2, 0.25) is 0 Å². The van der Waals surface area contributed by atoms with Crippen molar-refractivity contribution in [1.29, 1.82) is 0 Å². The lowest BCUT2D eigenvalue weighted by molar-refractivity contribution is -0.227. The number of ether oxygens (including phenoxy) is 1. The monoisotopic (exact) mass is 452 g/mol. The van der Waals surface area contributed by atoms with Crippen LogP contribution in [0.3, 0.4) is 0 Å². The number of carbonyl (C=O) groups excluding carboxylic acids is 1. The molecule has 0 aliphatic carbocycles. The van der Waals surface area contributed by atoms with Crippen LogP contribution in [0, 0.1) is 13.8 Å². The van der Waals surface area contributed by atoms with E-state index in [1.165, 1.54) is 5.06 Å². The van der Waals surface area contributed by atoms with Crippen LogP contribution < -0.4 is 0 Å². The Balaban J connectivity index is 2.27. The number of benzene rings is 1. The van der Waals surface area contributed by atoms with Gasteiger partial charge in [0.1, 0.15) is 6.10 Å². The molecule has 0 bridgehead atoms. The van der Waals surface area contributed by atoms with Gasteiger partial charge in [-0.3, -0.25) is 9.63 Å². The fraction of sp³-hybridized carbons (Fsp3) is 0.545. The van der Waals surface area contributed by atoms with E-state index in [1.807, 2.05) is 25.8 Å². The summed E-state index contributed by atoms with van der Waals surface area (Å²) in [5, 5.41) is 13.2. The Bertz CT molecular complexity index is 884. The molecule has 1 aromatic carbocycles. The van der Waals surface area contributed by atoms with Crippen LogP contribution in [0.2, 0.25) is 5.02 Å². The molecular formula is C22H29ClN2O6. The fourth-order valence-corrected chi connectivity index (χ4v) is 5.24. The van der Waals surface area contributed by atoms with Crippen LogP contribution in [0.1, 0.15) is 43.4 Å². The molecule has 0 saturated carbocycles. The van der Waals surface area contributed by atoms with Gasteiger partial charge in [-0.1, -0.05) is 11.6 Å². The second-order valence-electron chi connectivity index (χ2n) is 7.89. The van der Waals surface area contributed by atoms with Crippen molar-refractivity contribution in [1.82, 2.24) is 10.1 Å². The molecule has 1 spiro atoms. The smallest absolute Gasteiger partial charge is 0.450 e. The molecule has 2 heterocycles. The van der Waals surface area contributed by atoms with Gasteiger partial charge >= 0.3 is 6.16 Å². The molecule has 3 rings (SSSR count). The summed E-state index contributed by atoms with van der Waals surface area (Å²) < 4.78 is 5.20. The van der Waals surface area contributed by atoms with Crippen molar-refractivity contribution in [3.63, 3.8) is 0 Å². The van der Waals surface area contributed by atoms with Gasteiger partial charge in [-0.15, -0.1) is 0 Å². The lowest BCUT2D eigenvalue weighted by Crippen LogP contribution is -2.56. The summed E-state index contributed by atoms with van der Waals surface area (Å²) in [6.07, 6.45) is -1.20. The van der Waals surface area contributed by atoms with Gasteiger partial charge in [-0.05, 0) is 69.4 Å². The Morgan fingerprint density at radius 3 is 2.32 bits per heavy atom. The van der Waals surface area contributed by atoms with Crippen molar-refractivity contribution in [3.8, 4) is 0 Å². The molecule has 1 saturated heterocycles. The third kappa shape index (κ3) is 4.17. The first-order valence-electron chi connectivity index (χ1n) is 10.3. The topological polar surface area (TPSA) is 88.5 Å². The number of nitrogens with zero attached hydrogens (tertiary/aromatic N) is 2. The highest BCUT2D eigenvalue weighted by molar-refractivity contribution is 6.31. The first-order valence-corrected chi connectivity index (χ1v) is 10.7. The number of halogens is 1. The van der Waals surface area contributed by atoms with E-state index in [9.17, 15) is 14.7 Å². The van der Waals surface area contributed by atoms with E-state index >= 15 is 0 Å². The molecule has 9 heteroatoms. The van der Waals surface area contributed by atoms with Gasteiger partial charge in [-0.2, -0.15) is 5.06 Å². The van der Waals surface area contributed by atoms with Crippen molar-refractivity contribution in [2.45, 2.75) is 52.2 Å². The first-order chi connectivity index (χ1) is 14.7. The quantitative estimate of drug-likeness (QED) is 0.653. The van der Waals surface area contributed by atoms with E-state index in [1.54, 1.807) is 26.2 Å². The Hall–Kier alpha value is -2.13. The SMILES string of the molecule is CCON1C(=O)C(c2c(C)cc(Cl)cc2C)=C(C(C)OC(=O)O)C12CCN(OC)CC2. The van der Waals surface area contributed by atoms with Crippen molar-refractivity contribution in [2.75, 3.05) is 26.8 Å². The zero-order valence-corrected chi connectivity index (χ0v) is 19.3. The van der Waals surface area contributed by atoms with E-state index in [-0.39, 0.29) is 5.91 Å². The van der Waals surface area contributed by atoms with Crippen LogP contribution in [-0.4, -0.2) is 65.7 Å². The number of carbonyl (C=O) groups is 2. The van der Waals surface area contributed by atoms with Crippen LogP contribution in [0.5, 0.6) is 0 Å². The summed E-state index contributed by atoms with van der Waals surface area (Å²) in [6, 6.07) is 3.60. The van der Waals surface area contributed by atoms with E-state index in [4.69, 9.17) is 26.0 Å². The number of hydrogen-bond donors (Lipinski definition) is 1. The highest BCUT2D eigenvalue weighted by Crippen LogP contribution is 2.49. The number of rotatable bonds is 6. The normalized spacial score (nSPS) is 19.9. The van der Waals surface area contributed by atoms with Crippen molar-refractivity contribution >= 4 is 29.2 Å². The molecule has 1 aromatic rings. The molecule has 2 aliphatic rings. The average molecular weight is 453 g/mol. The minimum absolute atomic E-state index is 0.294. The molecular weight excluding hydrogens is 424 g/mol. The van der Waals surface area contributed by atoms with Crippen molar-refractivity contribution in [3.05, 3.63) is 39.4 Å². The van der Waals surface area contributed by atoms with Gasteiger partial charge in [0.15, 0.2) is 0 Å². The fourth-order valence-electron chi connectivity index (χ4n) is 4.91. The Labute approximate surface area is 187 Å². The molecule has 31 heavy (non-hydrogen) atoms. The molecule has 1 unspecified atom stereocenters. The van der Waals surface area contributed by atoms with Gasteiger partial charge in [-0.25, -0.2) is 9.86 Å². The summed E-state index contributed by atoms with van der Waals surface area (Å²) in [5.41, 5.74) is 2.62. The van der Waals surface area contributed by atoms with E-state index in [0.29, 0.717) is 48.7 Å². The van der Waals surface area contributed by atoms with Gasteiger partial charge in [0.25, 0.3) is 5.91 Å². The highest BCUT2D eigenvalue weighted by atomic mass is 35.5. The molecule has 170 valence electrons. The van der Waals surface area contributed by atoms with Crippen LogP contribution in [0.4, 0.5) is 4.79 Å². The predicted octanol–water partition coefficient (Wildman–Crippen LogP) is 3.98. The summed E-state index contributed by atoms with van der Waals surface area (Å²) in [7, 11) is 1.61.